The van der Waals surface area contributed by atoms with Crippen molar-refractivity contribution < 1.29 is 5.11 Å². The van der Waals surface area contributed by atoms with E-state index in [4.69, 9.17) is 6.42 Å². The Morgan fingerprint density at radius 2 is 2.08 bits per heavy atom. The Balaban J connectivity index is 3.51. The summed E-state index contributed by atoms with van der Waals surface area (Å²) in [6.07, 6.45) is 10.6. The Morgan fingerprint density at radius 1 is 1.46 bits per heavy atom. The molecule has 0 radical (unpaired) electrons. The molecule has 2 atom stereocenters. The highest BCUT2D eigenvalue weighted by atomic mass is 16.3. The molecule has 13 heavy (non-hydrogen) atoms. The second-order valence-electron chi connectivity index (χ2n) is 4.20. The number of hydrogen-bond donors (Lipinski definition) is 1. The van der Waals surface area contributed by atoms with Crippen LogP contribution < -0.4 is 0 Å². The zero-order chi connectivity index (χ0) is 10.3. The monoisotopic (exact) mass is 182 g/mol. The van der Waals surface area contributed by atoms with Crippen molar-refractivity contribution in [3.8, 4) is 12.3 Å². The molecular formula is C12H22O. The maximum Gasteiger partial charge on any atom is 0.122 e. The van der Waals surface area contributed by atoms with Gasteiger partial charge in [-0.3, -0.25) is 0 Å². The van der Waals surface area contributed by atoms with Crippen molar-refractivity contribution in [2.24, 2.45) is 5.92 Å². The molecule has 0 unspecified atom stereocenters. The van der Waals surface area contributed by atoms with E-state index in [1.54, 1.807) is 6.92 Å². The highest BCUT2D eigenvalue weighted by molar-refractivity contribution is 5.03. The Hall–Kier alpha value is -0.480. The third kappa shape index (κ3) is 6.66. The zero-order valence-electron chi connectivity index (χ0n) is 9.14. The molecule has 0 fully saturated rings. The van der Waals surface area contributed by atoms with Gasteiger partial charge in [0, 0.05) is 0 Å². The Morgan fingerprint density at radius 3 is 2.54 bits per heavy atom. The lowest BCUT2D eigenvalue weighted by atomic mass is 9.94. The smallest absolute Gasteiger partial charge is 0.122 e. The van der Waals surface area contributed by atoms with Crippen LogP contribution in [-0.4, -0.2) is 10.7 Å². The minimum Gasteiger partial charge on any atom is -0.378 e. The summed E-state index contributed by atoms with van der Waals surface area (Å²) < 4.78 is 0. The van der Waals surface area contributed by atoms with Crippen LogP contribution in [0.25, 0.3) is 0 Å². The summed E-state index contributed by atoms with van der Waals surface area (Å²) in [4.78, 5) is 0. The molecule has 0 heterocycles. The Kier molecular flexibility index (Phi) is 5.82. The highest BCUT2D eigenvalue weighted by Gasteiger charge is 2.15. The average Bonchev–Trinajstić information content (AvgIpc) is 2.05. The standard InChI is InChI=1S/C12H22O/c1-5-8-11(3)9-7-10-12(4,13)6-2/h2,11,13H,5,7-10H2,1,3-4H3/t11-,12+/m0/s1. The molecule has 1 N–H and O–H groups in total. The summed E-state index contributed by atoms with van der Waals surface area (Å²) in [5, 5.41) is 9.53. The molecule has 1 heteroatoms. The molecule has 76 valence electrons. The number of rotatable bonds is 6. The van der Waals surface area contributed by atoms with Crippen molar-refractivity contribution in [1.82, 2.24) is 0 Å². The molecule has 0 aliphatic heterocycles. The fourth-order valence-electron chi connectivity index (χ4n) is 1.50. The molecule has 0 aromatic heterocycles. The summed E-state index contributed by atoms with van der Waals surface area (Å²) in [5.74, 6) is 3.17. The molecule has 0 bridgehead atoms. The predicted octanol–water partition coefficient (Wildman–Crippen LogP) is 2.98. The van der Waals surface area contributed by atoms with Gasteiger partial charge in [0.2, 0.25) is 0 Å². The van der Waals surface area contributed by atoms with E-state index < -0.39 is 5.60 Å². The molecule has 0 spiro atoms. The van der Waals surface area contributed by atoms with Crippen LogP contribution in [0.4, 0.5) is 0 Å². The summed E-state index contributed by atoms with van der Waals surface area (Å²) in [6, 6.07) is 0. The third-order valence-corrected chi connectivity index (χ3v) is 2.45. The lowest BCUT2D eigenvalue weighted by Crippen LogP contribution is -2.20. The highest BCUT2D eigenvalue weighted by Crippen LogP contribution is 2.18. The maximum atomic E-state index is 9.53. The fraction of sp³-hybridized carbons (Fsp3) is 0.833. The molecule has 0 saturated heterocycles. The van der Waals surface area contributed by atoms with Gasteiger partial charge in [-0.25, -0.2) is 0 Å². The van der Waals surface area contributed by atoms with Gasteiger partial charge in [-0.15, -0.1) is 6.42 Å². The first-order valence-electron chi connectivity index (χ1n) is 5.22. The number of terminal acetylenes is 1. The van der Waals surface area contributed by atoms with Crippen LogP contribution >= 0.6 is 0 Å². The maximum absolute atomic E-state index is 9.53. The summed E-state index contributed by atoms with van der Waals surface area (Å²) in [5.41, 5.74) is -0.897. The predicted molar refractivity (Wildman–Crippen MR) is 57.4 cm³/mol. The fourth-order valence-corrected chi connectivity index (χ4v) is 1.50. The van der Waals surface area contributed by atoms with Crippen molar-refractivity contribution >= 4 is 0 Å². The lowest BCUT2D eigenvalue weighted by molar-refractivity contribution is 0.107. The van der Waals surface area contributed by atoms with Crippen LogP contribution in [0.15, 0.2) is 0 Å². The van der Waals surface area contributed by atoms with Crippen molar-refractivity contribution in [3.63, 3.8) is 0 Å². The minimum absolute atomic E-state index is 0.720. The molecule has 0 aliphatic carbocycles. The van der Waals surface area contributed by atoms with Crippen LogP contribution in [0, 0.1) is 18.3 Å². The van der Waals surface area contributed by atoms with Crippen molar-refractivity contribution in [3.05, 3.63) is 0 Å². The van der Waals surface area contributed by atoms with Gasteiger partial charge in [-0.2, -0.15) is 0 Å². The largest absolute Gasteiger partial charge is 0.378 e. The molecule has 0 saturated carbocycles. The first-order chi connectivity index (χ1) is 6.02. The summed E-state index contributed by atoms with van der Waals surface area (Å²) in [6.45, 7) is 6.17. The van der Waals surface area contributed by atoms with Gasteiger partial charge in [-0.05, 0) is 25.7 Å². The van der Waals surface area contributed by atoms with Gasteiger partial charge in [-0.1, -0.05) is 39.0 Å². The second kappa shape index (κ2) is 6.05. The Labute approximate surface area is 82.5 Å². The van der Waals surface area contributed by atoms with Gasteiger partial charge >= 0.3 is 0 Å². The van der Waals surface area contributed by atoms with Crippen LogP contribution in [0.2, 0.25) is 0 Å². The number of aliphatic hydroxyl groups is 1. The van der Waals surface area contributed by atoms with Gasteiger partial charge in [0.15, 0.2) is 0 Å². The van der Waals surface area contributed by atoms with Crippen molar-refractivity contribution in [2.45, 2.75) is 58.5 Å². The lowest BCUT2D eigenvalue weighted by Gasteiger charge is -2.17. The molecule has 0 rings (SSSR count). The summed E-state index contributed by atoms with van der Waals surface area (Å²) in [7, 11) is 0. The molecule has 0 aromatic carbocycles. The van der Waals surface area contributed by atoms with E-state index in [0.29, 0.717) is 0 Å². The molecule has 0 aromatic rings. The van der Waals surface area contributed by atoms with Crippen molar-refractivity contribution in [1.29, 1.82) is 0 Å². The van der Waals surface area contributed by atoms with Crippen LogP contribution in [0.5, 0.6) is 0 Å². The first-order valence-corrected chi connectivity index (χ1v) is 5.22. The van der Waals surface area contributed by atoms with Gasteiger partial charge in [0.25, 0.3) is 0 Å². The zero-order valence-corrected chi connectivity index (χ0v) is 9.14. The first kappa shape index (κ1) is 12.5. The molecule has 0 amide bonds. The van der Waals surface area contributed by atoms with E-state index in [1.807, 2.05) is 0 Å². The normalized spacial score (nSPS) is 17.5. The van der Waals surface area contributed by atoms with E-state index >= 15 is 0 Å². The van der Waals surface area contributed by atoms with Crippen LogP contribution in [-0.2, 0) is 0 Å². The van der Waals surface area contributed by atoms with Gasteiger partial charge < -0.3 is 5.11 Å². The summed E-state index contributed by atoms with van der Waals surface area (Å²) >= 11 is 0. The third-order valence-electron chi connectivity index (χ3n) is 2.45. The second-order valence-corrected chi connectivity index (χ2v) is 4.20. The van der Waals surface area contributed by atoms with E-state index in [9.17, 15) is 5.11 Å². The molecule has 0 aliphatic rings. The van der Waals surface area contributed by atoms with Crippen LogP contribution in [0.3, 0.4) is 0 Å². The van der Waals surface area contributed by atoms with Gasteiger partial charge in [0.05, 0.1) is 0 Å². The molecule has 1 nitrogen and oxygen atoms in total. The van der Waals surface area contributed by atoms with E-state index in [2.05, 4.69) is 19.8 Å². The van der Waals surface area contributed by atoms with Gasteiger partial charge in [0.1, 0.15) is 5.60 Å². The Bertz CT molecular complexity index is 164. The number of hydrogen-bond acceptors (Lipinski definition) is 1. The van der Waals surface area contributed by atoms with Crippen LogP contribution in [0.1, 0.15) is 52.9 Å². The van der Waals surface area contributed by atoms with E-state index in [1.165, 1.54) is 19.3 Å². The van der Waals surface area contributed by atoms with E-state index in [-0.39, 0.29) is 0 Å². The quantitative estimate of drug-likeness (QED) is 0.626. The molecular weight excluding hydrogens is 160 g/mol. The minimum atomic E-state index is -0.897. The van der Waals surface area contributed by atoms with E-state index in [0.717, 1.165) is 18.8 Å². The average molecular weight is 182 g/mol. The van der Waals surface area contributed by atoms with Crippen molar-refractivity contribution in [2.75, 3.05) is 0 Å². The SMILES string of the molecule is C#C[C@@](C)(O)CCC[C@@H](C)CCC. The topological polar surface area (TPSA) is 20.2 Å².